The summed E-state index contributed by atoms with van der Waals surface area (Å²) < 4.78 is 0. The molecule has 0 bridgehead atoms. The van der Waals surface area contributed by atoms with Crippen LogP contribution in [0.15, 0.2) is 0 Å². The van der Waals surface area contributed by atoms with Gasteiger partial charge in [0, 0.05) is 19.1 Å². The molecule has 1 unspecified atom stereocenters. The molecule has 0 spiro atoms. The number of carbonyl (C=O) groups is 2. The molecule has 0 heterocycles. The molecule has 7 heteroatoms. The quantitative estimate of drug-likeness (QED) is 0.366. The first-order chi connectivity index (χ1) is 6.88. The number of carbonyl (C=O) groups excluding carboxylic acids is 1. The molecule has 88 valence electrons. The van der Waals surface area contributed by atoms with E-state index in [4.69, 9.17) is 10.2 Å². The Morgan fingerprint density at radius 2 is 2.07 bits per heavy atom. The Morgan fingerprint density at radius 1 is 1.53 bits per heavy atom. The van der Waals surface area contributed by atoms with Crippen LogP contribution in [0.4, 0.5) is 0 Å². The molecular weight excluding hydrogens is 222 g/mol. The van der Waals surface area contributed by atoms with Crippen LogP contribution in [0.25, 0.3) is 0 Å². The Labute approximate surface area is 92.7 Å². The highest BCUT2D eigenvalue weighted by molar-refractivity contribution is 7.80. The SMILES string of the molecule is CC(=O)N[C@](CS)(CC(O)CO)C(=O)O. The van der Waals surface area contributed by atoms with E-state index in [1.807, 2.05) is 0 Å². The van der Waals surface area contributed by atoms with Crippen molar-refractivity contribution >= 4 is 24.5 Å². The summed E-state index contributed by atoms with van der Waals surface area (Å²) in [5.74, 6) is -1.99. The Balaban J connectivity index is 4.80. The molecule has 0 fully saturated rings. The molecule has 0 saturated heterocycles. The van der Waals surface area contributed by atoms with Crippen molar-refractivity contribution in [1.82, 2.24) is 5.32 Å². The van der Waals surface area contributed by atoms with Gasteiger partial charge in [0.1, 0.15) is 5.54 Å². The molecule has 0 aromatic carbocycles. The highest BCUT2D eigenvalue weighted by Gasteiger charge is 2.39. The lowest BCUT2D eigenvalue weighted by molar-refractivity contribution is -0.148. The number of thiol groups is 1. The summed E-state index contributed by atoms with van der Waals surface area (Å²) in [5, 5.41) is 29.0. The summed E-state index contributed by atoms with van der Waals surface area (Å²) in [6.45, 7) is 0.606. The van der Waals surface area contributed by atoms with E-state index in [-0.39, 0.29) is 12.2 Å². The second-order valence-corrected chi connectivity index (χ2v) is 3.58. The van der Waals surface area contributed by atoms with Gasteiger partial charge in [0.15, 0.2) is 0 Å². The Morgan fingerprint density at radius 3 is 2.33 bits per heavy atom. The zero-order valence-corrected chi connectivity index (χ0v) is 9.20. The fraction of sp³-hybridized carbons (Fsp3) is 0.750. The van der Waals surface area contributed by atoms with Gasteiger partial charge < -0.3 is 20.6 Å². The third-order valence-electron chi connectivity index (χ3n) is 1.89. The fourth-order valence-electron chi connectivity index (χ4n) is 1.17. The normalized spacial score (nSPS) is 16.5. The van der Waals surface area contributed by atoms with Gasteiger partial charge in [-0.1, -0.05) is 0 Å². The second kappa shape index (κ2) is 5.94. The predicted molar refractivity (Wildman–Crippen MR) is 55.7 cm³/mol. The van der Waals surface area contributed by atoms with Crippen LogP contribution in [0.3, 0.4) is 0 Å². The molecule has 2 atom stereocenters. The molecular formula is C8H15NO5S. The molecule has 0 rings (SSSR count). The van der Waals surface area contributed by atoms with Crippen molar-refractivity contribution in [2.75, 3.05) is 12.4 Å². The highest BCUT2D eigenvalue weighted by Crippen LogP contribution is 2.16. The van der Waals surface area contributed by atoms with Crippen LogP contribution < -0.4 is 5.32 Å². The van der Waals surface area contributed by atoms with E-state index < -0.39 is 30.1 Å². The molecule has 0 aromatic rings. The predicted octanol–water partition coefficient (Wildman–Crippen LogP) is -1.38. The van der Waals surface area contributed by atoms with Crippen LogP contribution in [0.1, 0.15) is 13.3 Å². The number of hydrogen-bond donors (Lipinski definition) is 5. The molecule has 0 aliphatic carbocycles. The van der Waals surface area contributed by atoms with Crippen LogP contribution in [0.5, 0.6) is 0 Å². The zero-order valence-electron chi connectivity index (χ0n) is 8.30. The summed E-state index contributed by atoms with van der Waals surface area (Å²) in [4.78, 5) is 21.8. The van der Waals surface area contributed by atoms with Crippen molar-refractivity contribution in [3.63, 3.8) is 0 Å². The van der Waals surface area contributed by atoms with Crippen LogP contribution in [0, 0.1) is 0 Å². The maximum absolute atomic E-state index is 11.0. The fourth-order valence-corrected chi connectivity index (χ4v) is 1.51. The first-order valence-corrected chi connectivity index (χ1v) is 4.93. The molecule has 0 aliphatic heterocycles. The van der Waals surface area contributed by atoms with Crippen molar-refractivity contribution in [2.24, 2.45) is 0 Å². The molecule has 0 saturated carbocycles. The van der Waals surface area contributed by atoms with E-state index in [2.05, 4.69) is 17.9 Å². The lowest BCUT2D eigenvalue weighted by atomic mass is 9.94. The molecule has 4 N–H and O–H groups in total. The number of amides is 1. The maximum Gasteiger partial charge on any atom is 0.330 e. The third-order valence-corrected chi connectivity index (χ3v) is 2.43. The van der Waals surface area contributed by atoms with Gasteiger partial charge >= 0.3 is 5.97 Å². The molecule has 0 aromatic heterocycles. The van der Waals surface area contributed by atoms with E-state index in [1.165, 1.54) is 6.92 Å². The molecule has 0 aliphatic rings. The number of nitrogens with one attached hydrogen (secondary N) is 1. The highest BCUT2D eigenvalue weighted by atomic mass is 32.1. The van der Waals surface area contributed by atoms with Gasteiger partial charge in [0.25, 0.3) is 0 Å². The number of aliphatic hydroxyl groups is 2. The van der Waals surface area contributed by atoms with Crippen molar-refractivity contribution in [2.45, 2.75) is 25.0 Å². The van der Waals surface area contributed by atoms with Crippen LogP contribution in [-0.2, 0) is 9.59 Å². The Bertz CT molecular complexity index is 247. The lowest BCUT2D eigenvalue weighted by Crippen LogP contribution is -2.57. The van der Waals surface area contributed by atoms with Gasteiger partial charge in [-0.3, -0.25) is 4.79 Å². The second-order valence-electron chi connectivity index (χ2n) is 3.27. The number of rotatable bonds is 6. The Hall–Kier alpha value is -0.790. The summed E-state index contributed by atoms with van der Waals surface area (Å²) in [6.07, 6.45) is -1.50. The van der Waals surface area contributed by atoms with E-state index in [9.17, 15) is 14.7 Å². The van der Waals surface area contributed by atoms with Gasteiger partial charge in [0.2, 0.25) is 5.91 Å². The summed E-state index contributed by atoms with van der Waals surface area (Å²) >= 11 is 3.84. The Kier molecular flexibility index (Phi) is 5.63. The molecule has 15 heavy (non-hydrogen) atoms. The number of carboxylic acids is 1. The summed E-state index contributed by atoms with van der Waals surface area (Å²) in [6, 6.07) is 0. The van der Waals surface area contributed by atoms with Crippen LogP contribution >= 0.6 is 12.6 Å². The monoisotopic (exact) mass is 237 g/mol. The van der Waals surface area contributed by atoms with Crippen molar-refractivity contribution in [3.8, 4) is 0 Å². The van der Waals surface area contributed by atoms with Crippen LogP contribution in [0.2, 0.25) is 0 Å². The number of aliphatic hydroxyl groups excluding tert-OH is 2. The minimum absolute atomic E-state index is 0.168. The molecule has 1 amide bonds. The lowest BCUT2D eigenvalue weighted by Gasteiger charge is -2.29. The minimum Gasteiger partial charge on any atom is -0.479 e. The average molecular weight is 237 g/mol. The third kappa shape index (κ3) is 4.06. The van der Waals surface area contributed by atoms with Crippen molar-refractivity contribution in [3.05, 3.63) is 0 Å². The van der Waals surface area contributed by atoms with Gasteiger partial charge in [-0.25, -0.2) is 4.79 Å². The maximum atomic E-state index is 11.0. The molecule has 0 radical (unpaired) electrons. The van der Waals surface area contributed by atoms with Gasteiger partial charge in [-0.2, -0.15) is 12.6 Å². The summed E-state index contributed by atoms with van der Waals surface area (Å²) in [7, 11) is 0. The van der Waals surface area contributed by atoms with Crippen molar-refractivity contribution in [1.29, 1.82) is 0 Å². The standard InChI is InChI=1S/C8H15NO5S/c1-5(11)9-8(4-15,7(13)14)2-6(12)3-10/h6,10,12,15H,2-4H2,1H3,(H,9,11)(H,13,14)/t6?,8-/m0/s1. The zero-order chi connectivity index (χ0) is 12.1. The topological polar surface area (TPSA) is 107 Å². The van der Waals surface area contributed by atoms with Gasteiger partial charge in [0.05, 0.1) is 12.7 Å². The first kappa shape index (κ1) is 14.2. The largest absolute Gasteiger partial charge is 0.479 e. The summed E-state index contributed by atoms with van der Waals surface area (Å²) in [5.41, 5.74) is -1.64. The van der Waals surface area contributed by atoms with Gasteiger partial charge in [-0.05, 0) is 0 Å². The number of aliphatic carboxylic acids is 1. The first-order valence-electron chi connectivity index (χ1n) is 4.30. The van der Waals surface area contributed by atoms with E-state index in [1.54, 1.807) is 0 Å². The van der Waals surface area contributed by atoms with E-state index in [0.717, 1.165) is 0 Å². The van der Waals surface area contributed by atoms with E-state index >= 15 is 0 Å². The van der Waals surface area contributed by atoms with Crippen LogP contribution in [-0.4, -0.2) is 51.2 Å². The molecule has 6 nitrogen and oxygen atoms in total. The minimum atomic E-state index is -1.64. The smallest absolute Gasteiger partial charge is 0.330 e. The van der Waals surface area contributed by atoms with Gasteiger partial charge in [-0.15, -0.1) is 0 Å². The van der Waals surface area contributed by atoms with Crippen molar-refractivity contribution < 1.29 is 24.9 Å². The average Bonchev–Trinajstić information content (AvgIpc) is 2.15. The number of hydrogen-bond acceptors (Lipinski definition) is 5. The van der Waals surface area contributed by atoms with E-state index in [0.29, 0.717) is 0 Å². The number of carboxylic acid groups (broad SMARTS) is 1.